The van der Waals surface area contributed by atoms with Gasteiger partial charge in [0.05, 0.1) is 0 Å². The van der Waals surface area contributed by atoms with Crippen molar-refractivity contribution in [2.24, 2.45) is 0 Å². The van der Waals surface area contributed by atoms with Crippen molar-refractivity contribution in [3.63, 3.8) is 0 Å². The topological polar surface area (TPSA) is 49.4 Å². The number of hydrogen-bond donors (Lipinski definition) is 1. The number of nitrogens with one attached hydrogen (secondary N) is 1. The quantitative estimate of drug-likeness (QED) is 0.524. The van der Waals surface area contributed by atoms with E-state index < -0.39 is 55.1 Å². The molecule has 0 spiro atoms. The Morgan fingerprint density at radius 2 is 1.15 bits per heavy atom. The minimum atomic E-state index is -6.82. The van der Waals surface area contributed by atoms with Gasteiger partial charge in [0.25, 0.3) is 11.8 Å². The van der Waals surface area contributed by atoms with Crippen LogP contribution in [0.2, 0.25) is 0 Å². The minimum Gasteiger partial charge on any atom is -0.351 e. The smallest absolute Gasteiger partial charge is 0.351 e. The van der Waals surface area contributed by atoms with Gasteiger partial charge in [0, 0.05) is 19.6 Å². The molecule has 0 saturated heterocycles. The van der Waals surface area contributed by atoms with Crippen LogP contribution in [-0.4, -0.2) is 60.0 Å². The van der Waals surface area contributed by atoms with Crippen LogP contribution in [0.4, 0.5) is 35.1 Å². The summed E-state index contributed by atoms with van der Waals surface area (Å²) in [6, 6.07) is 0. The second-order valence-electron chi connectivity index (χ2n) is 5.85. The van der Waals surface area contributed by atoms with Gasteiger partial charge in [-0.2, -0.15) is 35.1 Å². The fourth-order valence-corrected chi connectivity index (χ4v) is 2.07. The fraction of sp³-hybridized carbons (Fsp3) is 0.867. The molecule has 0 aromatic carbocycles. The van der Waals surface area contributed by atoms with Gasteiger partial charge in [0.2, 0.25) is 0 Å². The molecule has 160 valence electrons. The predicted molar refractivity (Wildman–Crippen MR) is 80.3 cm³/mol. The fourth-order valence-electron chi connectivity index (χ4n) is 2.07. The number of carbonyl (C=O) groups excluding carboxylic acids is 2. The van der Waals surface area contributed by atoms with E-state index in [-0.39, 0.29) is 24.2 Å². The molecule has 0 unspecified atom stereocenters. The molecule has 0 bridgehead atoms. The molecule has 0 aliphatic heterocycles. The van der Waals surface area contributed by atoms with Gasteiger partial charge in [-0.15, -0.1) is 0 Å². The van der Waals surface area contributed by atoms with Crippen molar-refractivity contribution in [2.75, 3.05) is 19.6 Å². The number of alkyl halides is 8. The van der Waals surface area contributed by atoms with Crippen LogP contribution in [-0.2, 0) is 9.59 Å². The zero-order chi connectivity index (χ0) is 21.7. The zero-order valence-corrected chi connectivity index (χ0v) is 15.0. The van der Waals surface area contributed by atoms with E-state index in [4.69, 9.17) is 0 Å². The highest BCUT2D eigenvalue weighted by molar-refractivity contribution is 5.87. The average Bonchev–Trinajstić information content (AvgIpc) is 2.57. The Hall–Kier alpha value is -1.62. The molecule has 0 aromatic rings. The maximum atomic E-state index is 13.9. The van der Waals surface area contributed by atoms with Crippen molar-refractivity contribution in [1.29, 1.82) is 0 Å². The molecule has 27 heavy (non-hydrogen) atoms. The first kappa shape index (κ1) is 25.4. The third-order valence-corrected chi connectivity index (χ3v) is 3.55. The zero-order valence-electron chi connectivity index (χ0n) is 15.0. The van der Waals surface area contributed by atoms with Crippen LogP contribution >= 0.6 is 0 Å². The first-order valence-electron chi connectivity index (χ1n) is 8.25. The van der Waals surface area contributed by atoms with Crippen LogP contribution in [0, 0.1) is 0 Å². The van der Waals surface area contributed by atoms with Gasteiger partial charge in [-0.3, -0.25) is 9.59 Å². The first-order valence-corrected chi connectivity index (χ1v) is 8.25. The lowest BCUT2D eigenvalue weighted by molar-refractivity contribution is -0.349. The highest BCUT2D eigenvalue weighted by Crippen LogP contribution is 2.53. The lowest BCUT2D eigenvalue weighted by atomic mass is 9.96. The molecule has 4 nitrogen and oxygen atoms in total. The number of nitrogens with zero attached hydrogens (tertiary/aromatic N) is 1. The molecule has 0 fully saturated rings. The van der Waals surface area contributed by atoms with Gasteiger partial charge >= 0.3 is 23.7 Å². The largest absolute Gasteiger partial charge is 0.392 e. The predicted octanol–water partition coefficient (Wildman–Crippen LogP) is 3.70. The summed E-state index contributed by atoms with van der Waals surface area (Å²) in [6.45, 7) is 2.69. The van der Waals surface area contributed by atoms with Crippen molar-refractivity contribution < 1.29 is 44.7 Å². The van der Waals surface area contributed by atoms with Crippen LogP contribution in [0.1, 0.15) is 40.0 Å². The van der Waals surface area contributed by atoms with Crippen molar-refractivity contribution in [1.82, 2.24) is 10.2 Å². The summed E-state index contributed by atoms with van der Waals surface area (Å²) in [5.74, 6) is -31.5. The van der Waals surface area contributed by atoms with E-state index in [0.29, 0.717) is 0 Å². The monoisotopic (exact) mass is 414 g/mol. The van der Waals surface area contributed by atoms with Crippen molar-refractivity contribution >= 4 is 11.8 Å². The molecule has 0 rings (SSSR count). The Balaban J connectivity index is 5.95. The van der Waals surface area contributed by atoms with Crippen molar-refractivity contribution in [2.45, 2.75) is 63.7 Å². The van der Waals surface area contributed by atoms with Crippen LogP contribution in [0.5, 0.6) is 0 Å². The Kier molecular flexibility index (Phi) is 8.50. The normalized spacial score (nSPS) is 13.4. The van der Waals surface area contributed by atoms with Crippen LogP contribution in [0.3, 0.4) is 0 Å². The molecular formula is C15H22F8N2O2. The van der Waals surface area contributed by atoms with Crippen LogP contribution < -0.4 is 5.32 Å². The van der Waals surface area contributed by atoms with Gasteiger partial charge in [-0.1, -0.05) is 20.8 Å². The van der Waals surface area contributed by atoms with E-state index in [0.717, 1.165) is 0 Å². The van der Waals surface area contributed by atoms with Gasteiger partial charge in [0.15, 0.2) is 0 Å². The molecule has 0 aliphatic carbocycles. The van der Waals surface area contributed by atoms with Gasteiger partial charge in [0.1, 0.15) is 0 Å². The summed E-state index contributed by atoms with van der Waals surface area (Å²) in [5.41, 5.74) is 0. The number of halogens is 8. The molecule has 0 aliphatic rings. The van der Waals surface area contributed by atoms with E-state index in [9.17, 15) is 44.7 Å². The Morgan fingerprint density at radius 1 is 0.741 bits per heavy atom. The number of carbonyl (C=O) groups is 2. The molecule has 0 saturated carbocycles. The standard InChI is InChI=1S/C15H22F8N2O2/c1-4-7-24-10(26)12(16,17)14(20,21)15(22,23)13(18,19)11(27)25(8-5-2)9-6-3/h4-9H2,1-3H3,(H,24,26). The molecule has 0 radical (unpaired) electrons. The lowest BCUT2D eigenvalue weighted by Gasteiger charge is -2.37. The Labute approximate surface area is 151 Å². The first-order chi connectivity index (χ1) is 12.2. The van der Waals surface area contributed by atoms with Crippen molar-refractivity contribution in [3.8, 4) is 0 Å². The highest BCUT2D eigenvalue weighted by atomic mass is 19.4. The van der Waals surface area contributed by atoms with E-state index in [2.05, 4.69) is 0 Å². The maximum Gasteiger partial charge on any atom is 0.392 e. The molecule has 0 aromatic heterocycles. The summed E-state index contributed by atoms with van der Waals surface area (Å²) >= 11 is 0. The van der Waals surface area contributed by atoms with Gasteiger partial charge in [-0.05, 0) is 19.3 Å². The highest BCUT2D eigenvalue weighted by Gasteiger charge is 2.84. The molecule has 0 heterocycles. The summed E-state index contributed by atoms with van der Waals surface area (Å²) in [4.78, 5) is 23.1. The third kappa shape index (κ3) is 4.63. The maximum absolute atomic E-state index is 13.9. The van der Waals surface area contributed by atoms with E-state index in [1.807, 2.05) is 0 Å². The van der Waals surface area contributed by atoms with Crippen LogP contribution in [0.15, 0.2) is 0 Å². The molecule has 12 heteroatoms. The minimum absolute atomic E-state index is 0.00141. The molecule has 2 amide bonds. The Bertz CT molecular complexity index is 520. The second kappa shape index (κ2) is 9.05. The second-order valence-corrected chi connectivity index (χ2v) is 5.85. The summed E-state index contributed by atoms with van der Waals surface area (Å²) in [6.07, 6.45) is 0.0835. The number of hydrogen-bond acceptors (Lipinski definition) is 2. The number of rotatable bonds is 11. The summed E-state index contributed by atoms with van der Waals surface area (Å²) in [7, 11) is 0. The molecular weight excluding hydrogens is 392 g/mol. The average molecular weight is 414 g/mol. The molecule has 0 atom stereocenters. The number of amides is 2. The van der Waals surface area contributed by atoms with E-state index >= 15 is 0 Å². The van der Waals surface area contributed by atoms with Gasteiger partial charge < -0.3 is 10.2 Å². The Morgan fingerprint density at radius 3 is 1.52 bits per heavy atom. The summed E-state index contributed by atoms with van der Waals surface area (Å²) < 4.78 is 110. The van der Waals surface area contributed by atoms with Crippen molar-refractivity contribution in [3.05, 3.63) is 0 Å². The SMILES string of the molecule is CCCNC(=O)C(F)(F)C(F)(F)C(F)(F)C(F)(F)C(=O)N(CCC)CCC. The van der Waals surface area contributed by atoms with E-state index in [1.54, 1.807) is 0 Å². The third-order valence-electron chi connectivity index (χ3n) is 3.55. The van der Waals surface area contributed by atoms with E-state index in [1.165, 1.54) is 26.1 Å². The van der Waals surface area contributed by atoms with Gasteiger partial charge in [-0.25, -0.2) is 0 Å². The lowest BCUT2D eigenvalue weighted by Crippen LogP contribution is -2.69. The van der Waals surface area contributed by atoms with Crippen LogP contribution in [0.25, 0.3) is 0 Å². The summed E-state index contributed by atoms with van der Waals surface area (Å²) in [5, 5.41) is 1.25. The molecule has 1 N–H and O–H groups in total.